The number of benzene rings is 2. The van der Waals surface area contributed by atoms with Crippen LogP contribution in [-0.2, 0) is 4.74 Å². The van der Waals surface area contributed by atoms with Crippen LogP contribution in [0.25, 0.3) is 17.3 Å². The van der Waals surface area contributed by atoms with Gasteiger partial charge in [0.15, 0.2) is 5.82 Å². The van der Waals surface area contributed by atoms with Gasteiger partial charge in [-0.3, -0.25) is 4.57 Å². The number of hydrogen-bond donors (Lipinski definition) is 0. The van der Waals surface area contributed by atoms with Gasteiger partial charge in [0, 0.05) is 18.0 Å². The maximum absolute atomic E-state index is 9.90. The molecule has 4 rings (SSSR count). The number of aromatic nitrogens is 3. The Kier molecular flexibility index (Phi) is 5.94. The van der Waals surface area contributed by atoms with Crippen molar-refractivity contribution < 1.29 is 4.74 Å². The molecular formula is C22H21N5OS. The summed E-state index contributed by atoms with van der Waals surface area (Å²) in [7, 11) is 0. The van der Waals surface area contributed by atoms with Crippen molar-refractivity contribution in [1.29, 1.82) is 5.26 Å². The van der Waals surface area contributed by atoms with Crippen LogP contribution in [0.4, 0.5) is 5.95 Å². The summed E-state index contributed by atoms with van der Waals surface area (Å²) in [6.07, 6.45) is 3.90. The minimum Gasteiger partial charge on any atom is -0.378 e. The number of morpholine rings is 1. The van der Waals surface area contributed by atoms with Gasteiger partial charge in [-0.1, -0.05) is 30.3 Å². The molecule has 0 unspecified atom stereocenters. The van der Waals surface area contributed by atoms with Crippen molar-refractivity contribution in [2.45, 2.75) is 4.90 Å². The number of thioether (sulfide) groups is 1. The molecule has 7 heteroatoms. The number of rotatable bonds is 5. The van der Waals surface area contributed by atoms with E-state index in [4.69, 9.17) is 4.74 Å². The minimum absolute atomic E-state index is 0.470. The average molecular weight is 404 g/mol. The van der Waals surface area contributed by atoms with E-state index >= 15 is 0 Å². The number of nitrogens with zero attached hydrogens (tertiary/aromatic N) is 5. The maximum atomic E-state index is 9.90. The van der Waals surface area contributed by atoms with E-state index in [1.807, 2.05) is 71.5 Å². The molecule has 0 bridgehead atoms. The average Bonchev–Trinajstić information content (AvgIpc) is 3.24. The first-order chi connectivity index (χ1) is 14.3. The van der Waals surface area contributed by atoms with Crippen LogP contribution in [0.15, 0.2) is 59.5 Å². The molecule has 2 aromatic carbocycles. The molecule has 0 aliphatic carbocycles. The van der Waals surface area contributed by atoms with Crippen molar-refractivity contribution in [2.75, 3.05) is 37.5 Å². The standard InChI is InChI=1S/C22H21N5OS/c1-29-20-9-7-17(8-10-20)15-18(16-23)21-24-25-22(26-11-13-28-14-12-26)27(21)19-5-3-2-4-6-19/h2-10,15H,11-14H2,1H3. The fraction of sp³-hybridized carbons (Fsp3) is 0.227. The highest BCUT2D eigenvalue weighted by atomic mass is 32.2. The van der Waals surface area contributed by atoms with Crippen LogP contribution in [0.2, 0.25) is 0 Å². The zero-order valence-electron chi connectivity index (χ0n) is 16.2. The minimum atomic E-state index is 0.470. The lowest BCUT2D eigenvalue weighted by Gasteiger charge is -2.28. The van der Waals surface area contributed by atoms with Crippen LogP contribution in [0.1, 0.15) is 11.4 Å². The lowest BCUT2D eigenvalue weighted by atomic mass is 10.1. The quantitative estimate of drug-likeness (QED) is 0.476. The van der Waals surface area contributed by atoms with E-state index in [1.165, 1.54) is 4.90 Å². The van der Waals surface area contributed by atoms with Gasteiger partial charge >= 0.3 is 0 Å². The molecule has 0 N–H and O–H groups in total. The van der Waals surface area contributed by atoms with Gasteiger partial charge in [-0.25, -0.2) is 0 Å². The summed E-state index contributed by atoms with van der Waals surface area (Å²) in [5.41, 5.74) is 2.35. The first kappa shape index (κ1) is 19.2. The second-order valence-corrected chi connectivity index (χ2v) is 7.42. The smallest absolute Gasteiger partial charge is 0.232 e. The predicted octanol–water partition coefficient (Wildman–Crippen LogP) is 3.89. The van der Waals surface area contributed by atoms with Crippen molar-refractivity contribution in [3.05, 3.63) is 66.0 Å². The van der Waals surface area contributed by atoms with Crippen LogP contribution >= 0.6 is 11.8 Å². The summed E-state index contributed by atoms with van der Waals surface area (Å²) < 4.78 is 7.43. The fourth-order valence-corrected chi connectivity index (χ4v) is 3.66. The zero-order valence-corrected chi connectivity index (χ0v) is 17.0. The molecule has 29 heavy (non-hydrogen) atoms. The summed E-state index contributed by atoms with van der Waals surface area (Å²) in [4.78, 5) is 3.33. The van der Waals surface area contributed by atoms with Crippen LogP contribution in [0.3, 0.4) is 0 Å². The van der Waals surface area contributed by atoms with Crippen LogP contribution in [-0.4, -0.2) is 47.3 Å². The molecule has 0 atom stereocenters. The molecular weight excluding hydrogens is 382 g/mol. The van der Waals surface area contributed by atoms with Gasteiger partial charge in [-0.05, 0) is 42.2 Å². The summed E-state index contributed by atoms with van der Waals surface area (Å²) >= 11 is 1.69. The monoisotopic (exact) mass is 403 g/mol. The highest BCUT2D eigenvalue weighted by Crippen LogP contribution is 2.26. The second-order valence-electron chi connectivity index (χ2n) is 6.54. The largest absolute Gasteiger partial charge is 0.378 e. The Morgan fingerprint density at radius 2 is 1.79 bits per heavy atom. The highest BCUT2D eigenvalue weighted by molar-refractivity contribution is 7.98. The maximum Gasteiger partial charge on any atom is 0.232 e. The first-order valence-corrected chi connectivity index (χ1v) is 10.6. The Labute approximate surface area is 174 Å². The molecule has 1 fully saturated rings. The Morgan fingerprint density at radius 3 is 2.45 bits per heavy atom. The van der Waals surface area contributed by atoms with Crippen molar-refractivity contribution in [3.63, 3.8) is 0 Å². The lowest BCUT2D eigenvalue weighted by Crippen LogP contribution is -2.38. The van der Waals surface area contributed by atoms with Crippen molar-refractivity contribution in [2.24, 2.45) is 0 Å². The van der Waals surface area contributed by atoms with Gasteiger partial charge in [0.05, 0.1) is 24.5 Å². The number of para-hydroxylation sites is 1. The van der Waals surface area contributed by atoms with E-state index in [-0.39, 0.29) is 0 Å². The number of hydrogen-bond acceptors (Lipinski definition) is 6. The number of ether oxygens (including phenoxy) is 1. The zero-order chi connectivity index (χ0) is 20.1. The molecule has 1 aromatic heterocycles. The molecule has 6 nitrogen and oxygen atoms in total. The topological polar surface area (TPSA) is 67.0 Å². The predicted molar refractivity (Wildman–Crippen MR) is 116 cm³/mol. The van der Waals surface area contributed by atoms with Crippen LogP contribution < -0.4 is 4.90 Å². The third-order valence-corrected chi connectivity index (χ3v) is 5.49. The summed E-state index contributed by atoms with van der Waals surface area (Å²) in [5, 5.41) is 18.7. The normalized spacial score (nSPS) is 14.6. The molecule has 0 spiro atoms. The number of anilines is 1. The molecule has 0 saturated carbocycles. The third kappa shape index (κ3) is 4.19. The first-order valence-electron chi connectivity index (χ1n) is 9.40. The Hall–Kier alpha value is -3.08. The molecule has 1 aliphatic rings. The SMILES string of the molecule is CSc1ccc(C=C(C#N)c2nnc(N3CCOCC3)n2-c2ccccc2)cc1. The van der Waals surface area contributed by atoms with Crippen molar-refractivity contribution in [3.8, 4) is 11.8 Å². The van der Waals surface area contributed by atoms with Gasteiger partial charge in [0.25, 0.3) is 0 Å². The van der Waals surface area contributed by atoms with Crippen molar-refractivity contribution >= 4 is 29.4 Å². The molecule has 0 radical (unpaired) electrons. The van der Waals surface area contributed by atoms with E-state index < -0.39 is 0 Å². The summed E-state index contributed by atoms with van der Waals surface area (Å²) in [6.45, 7) is 2.79. The number of allylic oxidation sites excluding steroid dienone is 1. The lowest BCUT2D eigenvalue weighted by molar-refractivity contribution is 0.122. The van der Waals surface area contributed by atoms with E-state index in [1.54, 1.807) is 11.8 Å². The third-order valence-electron chi connectivity index (χ3n) is 4.74. The van der Waals surface area contributed by atoms with E-state index in [2.05, 4.69) is 21.2 Å². The number of nitriles is 1. The van der Waals surface area contributed by atoms with Gasteiger partial charge in [-0.2, -0.15) is 5.26 Å². The van der Waals surface area contributed by atoms with Gasteiger partial charge in [-0.15, -0.1) is 22.0 Å². The summed E-state index contributed by atoms with van der Waals surface area (Å²) in [5.74, 6) is 1.27. The fourth-order valence-electron chi connectivity index (χ4n) is 3.25. The molecule has 3 aromatic rings. The van der Waals surface area contributed by atoms with Crippen LogP contribution in [0.5, 0.6) is 0 Å². The molecule has 1 saturated heterocycles. The van der Waals surface area contributed by atoms with Gasteiger partial charge in [0.2, 0.25) is 5.95 Å². The van der Waals surface area contributed by atoms with E-state index in [0.29, 0.717) is 24.6 Å². The van der Waals surface area contributed by atoms with Gasteiger partial charge in [0.1, 0.15) is 6.07 Å². The van der Waals surface area contributed by atoms with E-state index in [9.17, 15) is 5.26 Å². The molecule has 146 valence electrons. The van der Waals surface area contributed by atoms with E-state index in [0.717, 1.165) is 30.3 Å². The molecule has 0 amide bonds. The Balaban J connectivity index is 1.80. The highest BCUT2D eigenvalue weighted by Gasteiger charge is 2.23. The molecule has 1 aliphatic heterocycles. The second kappa shape index (κ2) is 8.95. The van der Waals surface area contributed by atoms with Gasteiger partial charge < -0.3 is 9.64 Å². The van der Waals surface area contributed by atoms with Crippen molar-refractivity contribution in [1.82, 2.24) is 14.8 Å². The Bertz CT molecular complexity index is 1030. The van der Waals surface area contributed by atoms with Crippen LogP contribution in [0, 0.1) is 11.3 Å². The molecule has 2 heterocycles. The Morgan fingerprint density at radius 1 is 1.07 bits per heavy atom. The summed E-state index contributed by atoms with van der Waals surface area (Å²) in [6, 6.07) is 20.3.